The van der Waals surface area contributed by atoms with E-state index >= 15 is 0 Å². The van der Waals surface area contributed by atoms with Crippen molar-refractivity contribution in [1.82, 2.24) is 0 Å². The van der Waals surface area contributed by atoms with Crippen LogP contribution in [0.5, 0.6) is 0 Å². The fourth-order valence-electron chi connectivity index (χ4n) is 3.61. The predicted octanol–water partition coefficient (Wildman–Crippen LogP) is 6.41. The van der Waals surface area contributed by atoms with Crippen LogP contribution in [0, 0.1) is 49.8 Å². The number of rotatable bonds is 16. The van der Waals surface area contributed by atoms with Crippen LogP contribution in [-0.2, 0) is 28.6 Å². The lowest BCUT2D eigenvalue weighted by molar-refractivity contribution is -0.489. The second-order valence-electron chi connectivity index (χ2n) is 9.01. The molecule has 0 aliphatic heterocycles. The molecule has 0 aliphatic rings. The molecule has 15 heteroatoms. The number of alkyl halides is 3. The standard InChI is InChI=1S/C13H23NO6.C10H19NO4.CH2I2.CH3I/c1-5-19-12(15)11(13(16)20-6-2)10(7-9(3)4)8-14(17)18;1-4-15-10(12)6-9(5-8(2)3)7-11(13)14;2-1-3;1-2/h9-11H,5-8H2,1-4H3;8-9H,4-7H2,1-3H3;1H2;1H3. The van der Waals surface area contributed by atoms with Gasteiger partial charge in [-0.3, -0.25) is 34.6 Å². The predicted molar refractivity (Wildman–Crippen MR) is 180 cm³/mol. The Morgan fingerprint density at radius 2 is 1.10 bits per heavy atom. The maximum absolute atomic E-state index is 11.9. The second kappa shape index (κ2) is 31.3. The molecule has 0 heterocycles. The molecule has 238 valence electrons. The van der Waals surface area contributed by atoms with Crippen molar-refractivity contribution in [3.63, 3.8) is 0 Å². The Bertz CT molecular complexity index is 680. The van der Waals surface area contributed by atoms with E-state index in [-0.39, 0.29) is 48.9 Å². The molecule has 0 saturated carbocycles. The lowest BCUT2D eigenvalue weighted by atomic mass is 9.85. The molecule has 0 bridgehead atoms. The number of nitrogens with zero attached hydrogens (tertiary/aromatic N) is 2. The molecule has 2 atom stereocenters. The van der Waals surface area contributed by atoms with Crippen LogP contribution in [0.3, 0.4) is 0 Å². The average Bonchev–Trinajstić information content (AvgIpc) is 2.80. The van der Waals surface area contributed by atoms with Crippen molar-refractivity contribution < 1.29 is 38.4 Å². The van der Waals surface area contributed by atoms with E-state index in [0.717, 1.165) is 0 Å². The quantitative estimate of drug-likeness (QED) is 0.0321. The third kappa shape index (κ3) is 30.4. The van der Waals surface area contributed by atoms with E-state index in [1.807, 2.05) is 32.6 Å². The van der Waals surface area contributed by atoms with E-state index in [9.17, 15) is 34.6 Å². The molecule has 12 nitrogen and oxygen atoms in total. The minimum atomic E-state index is -1.23. The Morgan fingerprint density at radius 1 is 0.725 bits per heavy atom. The minimum absolute atomic E-state index is 0.113. The highest BCUT2D eigenvalue weighted by molar-refractivity contribution is 14.2. The van der Waals surface area contributed by atoms with Crippen LogP contribution >= 0.6 is 67.8 Å². The van der Waals surface area contributed by atoms with Gasteiger partial charge in [-0.25, -0.2) is 0 Å². The summed E-state index contributed by atoms with van der Waals surface area (Å²) in [6.45, 7) is 12.6. The first-order valence-corrected chi connectivity index (χ1v) is 18.1. The fraction of sp³-hybridized carbons (Fsp3) is 0.880. The van der Waals surface area contributed by atoms with Gasteiger partial charge in [0, 0.05) is 21.7 Å². The summed E-state index contributed by atoms with van der Waals surface area (Å²) in [7, 11) is 0. The van der Waals surface area contributed by atoms with Gasteiger partial charge in [-0.2, -0.15) is 0 Å². The minimum Gasteiger partial charge on any atom is -0.466 e. The Kier molecular flexibility index (Phi) is 36.3. The third-order valence-electron chi connectivity index (χ3n) is 4.68. The summed E-state index contributed by atoms with van der Waals surface area (Å²) >= 11 is 6.70. The number of hydrogen-bond acceptors (Lipinski definition) is 10. The molecule has 0 amide bonds. The van der Waals surface area contributed by atoms with Crippen molar-refractivity contribution in [3.8, 4) is 0 Å². The summed E-state index contributed by atoms with van der Waals surface area (Å²) in [5, 5.41) is 21.1. The first-order valence-electron chi connectivity index (χ1n) is 12.9. The Labute approximate surface area is 279 Å². The van der Waals surface area contributed by atoms with Crippen LogP contribution in [0.25, 0.3) is 0 Å². The number of carbonyl (C=O) groups is 3. The van der Waals surface area contributed by atoms with Gasteiger partial charge >= 0.3 is 17.9 Å². The van der Waals surface area contributed by atoms with Crippen LogP contribution in [0.1, 0.15) is 67.7 Å². The Morgan fingerprint density at radius 3 is 1.40 bits per heavy atom. The summed E-state index contributed by atoms with van der Waals surface area (Å²) in [6.07, 6.45) is 1.20. The van der Waals surface area contributed by atoms with Gasteiger partial charge < -0.3 is 14.2 Å². The zero-order valence-corrected chi connectivity index (χ0v) is 31.3. The fourth-order valence-corrected chi connectivity index (χ4v) is 3.61. The molecule has 0 radical (unpaired) electrons. The second-order valence-corrected chi connectivity index (χ2v) is 13.5. The maximum Gasteiger partial charge on any atom is 0.320 e. The van der Waals surface area contributed by atoms with Crippen LogP contribution in [0.15, 0.2) is 0 Å². The first-order chi connectivity index (χ1) is 18.7. The number of ether oxygens (including phenoxy) is 3. The van der Waals surface area contributed by atoms with Crippen LogP contribution < -0.4 is 0 Å². The van der Waals surface area contributed by atoms with E-state index in [1.54, 1.807) is 20.8 Å². The molecule has 0 saturated heterocycles. The molecule has 0 aliphatic carbocycles. The number of nitro groups is 2. The summed E-state index contributed by atoms with van der Waals surface area (Å²) in [5.74, 6) is -3.54. The van der Waals surface area contributed by atoms with Crippen molar-refractivity contribution in [1.29, 1.82) is 0 Å². The zero-order valence-electron chi connectivity index (χ0n) is 24.9. The van der Waals surface area contributed by atoms with E-state index in [0.29, 0.717) is 25.4 Å². The van der Waals surface area contributed by atoms with Gasteiger partial charge in [0.15, 0.2) is 5.92 Å². The molecule has 0 rings (SSSR count). The van der Waals surface area contributed by atoms with Gasteiger partial charge in [-0.1, -0.05) is 95.5 Å². The van der Waals surface area contributed by atoms with E-state index in [2.05, 4.69) is 67.8 Å². The molecule has 0 fully saturated rings. The maximum atomic E-state index is 11.9. The molecule has 0 aromatic rings. The van der Waals surface area contributed by atoms with Gasteiger partial charge in [-0.05, 0) is 50.4 Å². The van der Waals surface area contributed by atoms with Gasteiger partial charge in [0.25, 0.3) is 0 Å². The summed E-state index contributed by atoms with van der Waals surface area (Å²) in [6, 6.07) is 0. The first kappa shape index (κ1) is 46.4. The lowest BCUT2D eigenvalue weighted by Gasteiger charge is -2.22. The largest absolute Gasteiger partial charge is 0.466 e. The highest BCUT2D eigenvalue weighted by Crippen LogP contribution is 2.24. The van der Waals surface area contributed by atoms with Crippen molar-refractivity contribution >= 4 is 85.7 Å². The van der Waals surface area contributed by atoms with Gasteiger partial charge in [-0.15, -0.1) is 0 Å². The summed E-state index contributed by atoms with van der Waals surface area (Å²) < 4.78 is 15.7. The lowest BCUT2D eigenvalue weighted by Crippen LogP contribution is -2.38. The van der Waals surface area contributed by atoms with Gasteiger partial charge in [0.1, 0.15) is 0 Å². The SMILES string of the molecule is CCOC(=O)C(C(=O)OCC)C(CC(C)C)C[N+](=O)[O-].CCOC(=O)CC(CC(C)C)C[N+](=O)[O-].CI.ICI. The molecular formula is C25H47I3N2O10. The highest BCUT2D eigenvalue weighted by Gasteiger charge is 2.40. The molecular weight excluding hydrogens is 869 g/mol. The number of hydrogen-bond donors (Lipinski definition) is 0. The topological polar surface area (TPSA) is 165 Å². The molecule has 40 heavy (non-hydrogen) atoms. The number of halogens is 3. The molecule has 0 spiro atoms. The number of carbonyl (C=O) groups excluding carboxylic acids is 3. The average molecular weight is 916 g/mol. The smallest absolute Gasteiger partial charge is 0.320 e. The van der Waals surface area contributed by atoms with Crippen molar-refractivity contribution in [2.24, 2.45) is 29.6 Å². The molecule has 0 aromatic heterocycles. The highest BCUT2D eigenvalue weighted by atomic mass is 127. The normalized spacial score (nSPS) is 11.4. The van der Waals surface area contributed by atoms with Gasteiger partial charge in [0.05, 0.1) is 28.7 Å². The number of esters is 3. The van der Waals surface area contributed by atoms with Crippen LogP contribution in [0.2, 0.25) is 0 Å². The molecule has 2 unspecified atom stereocenters. The van der Waals surface area contributed by atoms with Crippen molar-refractivity contribution in [2.75, 3.05) is 40.3 Å². The van der Waals surface area contributed by atoms with E-state index in [4.69, 9.17) is 14.2 Å². The summed E-state index contributed by atoms with van der Waals surface area (Å²) in [5.41, 5.74) is 0. The Balaban J connectivity index is -0.000000286. The summed E-state index contributed by atoms with van der Waals surface area (Å²) in [4.78, 5) is 57.2. The Hall–Kier alpha value is -0.600. The van der Waals surface area contributed by atoms with Crippen LogP contribution in [-0.4, -0.2) is 68.0 Å². The molecule has 0 N–H and O–H groups in total. The van der Waals surface area contributed by atoms with E-state index in [1.165, 1.54) is 2.43 Å². The van der Waals surface area contributed by atoms with Crippen molar-refractivity contribution in [3.05, 3.63) is 20.2 Å². The van der Waals surface area contributed by atoms with Gasteiger partial charge in [0.2, 0.25) is 13.1 Å². The van der Waals surface area contributed by atoms with Crippen molar-refractivity contribution in [2.45, 2.75) is 67.7 Å². The van der Waals surface area contributed by atoms with Crippen LogP contribution in [0.4, 0.5) is 0 Å². The van der Waals surface area contributed by atoms with E-state index < -0.39 is 35.2 Å². The monoisotopic (exact) mass is 916 g/mol. The molecule has 0 aromatic carbocycles. The third-order valence-corrected chi connectivity index (χ3v) is 4.68. The zero-order chi connectivity index (χ0) is 32.3.